The lowest BCUT2D eigenvalue weighted by Gasteiger charge is -2.31. The second kappa shape index (κ2) is 4.64. The van der Waals surface area contributed by atoms with Crippen molar-refractivity contribution in [3.05, 3.63) is 0 Å². The number of nitrogens with zero attached hydrogens (tertiary/aromatic N) is 1. The summed E-state index contributed by atoms with van der Waals surface area (Å²) in [5, 5.41) is 12.2. The normalized spacial score (nSPS) is 33.0. The van der Waals surface area contributed by atoms with Crippen molar-refractivity contribution in [1.29, 1.82) is 0 Å². The first kappa shape index (κ1) is 12.4. The summed E-state index contributed by atoms with van der Waals surface area (Å²) in [6.45, 7) is 3.85. The second-order valence-corrected chi connectivity index (χ2v) is 5.04. The van der Waals surface area contributed by atoms with Crippen LogP contribution in [0.25, 0.3) is 0 Å². The summed E-state index contributed by atoms with van der Waals surface area (Å²) < 4.78 is 0. The molecule has 2 saturated heterocycles. The predicted octanol–water partition coefficient (Wildman–Crippen LogP) is 0.452. The zero-order valence-corrected chi connectivity index (χ0v) is 10.2. The molecule has 0 spiro atoms. The van der Waals surface area contributed by atoms with E-state index in [1.165, 1.54) is 0 Å². The molecule has 17 heavy (non-hydrogen) atoms. The lowest BCUT2D eigenvalue weighted by Crippen LogP contribution is -2.54. The number of carboxylic acids is 1. The highest BCUT2D eigenvalue weighted by Crippen LogP contribution is 2.28. The van der Waals surface area contributed by atoms with Gasteiger partial charge in [0, 0.05) is 13.1 Å². The molecular weight excluding hydrogens is 220 g/mol. The molecule has 5 nitrogen and oxygen atoms in total. The molecule has 0 aromatic heterocycles. The summed E-state index contributed by atoms with van der Waals surface area (Å²) in [6, 6.07) is 0. The van der Waals surface area contributed by atoms with Crippen LogP contribution in [0.1, 0.15) is 32.6 Å². The number of hydrogen-bond acceptors (Lipinski definition) is 3. The Labute approximate surface area is 101 Å². The Balaban J connectivity index is 2.03. The van der Waals surface area contributed by atoms with Crippen LogP contribution in [0.2, 0.25) is 0 Å². The van der Waals surface area contributed by atoms with Gasteiger partial charge in [-0.3, -0.25) is 9.59 Å². The zero-order valence-electron chi connectivity index (χ0n) is 10.2. The van der Waals surface area contributed by atoms with E-state index in [0.29, 0.717) is 19.5 Å². The Hall–Kier alpha value is -1.10. The van der Waals surface area contributed by atoms with Gasteiger partial charge in [0.2, 0.25) is 5.91 Å². The monoisotopic (exact) mass is 240 g/mol. The van der Waals surface area contributed by atoms with Crippen LogP contribution >= 0.6 is 0 Å². The van der Waals surface area contributed by atoms with E-state index in [0.717, 1.165) is 25.8 Å². The third-order valence-electron chi connectivity index (χ3n) is 4.08. The molecule has 2 N–H and O–H groups in total. The Morgan fingerprint density at radius 1 is 1.53 bits per heavy atom. The van der Waals surface area contributed by atoms with Gasteiger partial charge in [0.25, 0.3) is 0 Å². The Morgan fingerprint density at radius 3 is 2.76 bits per heavy atom. The first-order valence-corrected chi connectivity index (χ1v) is 6.36. The highest BCUT2D eigenvalue weighted by molar-refractivity contribution is 5.87. The number of aliphatic carboxylic acids is 1. The molecule has 96 valence electrons. The van der Waals surface area contributed by atoms with Crippen LogP contribution in [0.5, 0.6) is 0 Å². The molecule has 0 radical (unpaired) electrons. The third-order valence-corrected chi connectivity index (χ3v) is 4.08. The fourth-order valence-electron chi connectivity index (χ4n) is 2.89. The number of amides is 1. The Morgan fingerprint density at radius 2 is 2.29 bits per heavy atom. The van der Waals surface area contributed by atoms with Crippen molar-refractivity contribution in [2.45, 2.75) is 38.1 Å². The molecule has 0 aliphatic carbocycles. The van der Waals surface area contributed by atoms with Crippen LogP contribution in [0, 0.1) is 5.92 Å². The minimum Gasteiger partial charge on any atom is -0.481 e. The molecule has 2 aliphatic heterocycles. The summed E-state index contributed by atoms with van der Waals surface area (Å²) >= 11 is 0. The number of nitrogens with one attached hydrogen (secondary N) is 1. The van der Waals surface area contributed by atoms with E-state index < -0.39 is 11.5 Å². The summed E-state index contributed by atoms with van der Waals surface area (Å²) in [7, 11) is 0. The van der Waals surface area contributed by atoms with Crippen molar-refractivity contribution >= 4 is 11.9 Å². The molecule has 1 amide bonds. The number of likely N-dealkylation sites (tertiary alicyclic amines) is 1. The van der Waals surface area contributed by atoms with Gasteiger partial charge in [0.05, 0.1) is 11.5 Å². The standard InChI is InChI=1S/C12H20N2O3/c1-2-12(5-3-6-13-12)11(17)14-7-4-9(8-14)10(15)16/h9,13H,2-8H2,1H3,(H,15,16). The molecule has 2 unspecified atom stereocenters. The van der Waals surface area contributed by atoms with E-state index in [1.54, 1.807) is 4.90 Å². The van der Waals surface area contributed by atoms with Crippen molar-refractivity contribution < 1.29 is 14.7 Å². The fraction of sp³-hybridized carbons (Fsp3) is 0.833. The topological polar surface area (TPSA) is 69.6 Å². The highest BCUT2D eigenvalue weighted by atomic mass is 16.4. The number of hydrogen-bond donors (Lipinski definition) is 2. The zero-order chi connectivity index (χ0) is 12.5. The molecule has 2 aliphatic rings. The lowest BCUT2D eigenvalue weighted by molar-refractivity contribution is -0.142. The molecule has 2 rings (SSSR count). The highest BCUT2D eigenvalue weighted by Gasteiger charge is 2.44. The van der Waals surface area contributed by atoms with Gasteiger partial charge in [-0.05, 0) is 32.2 Å². The van der Waals surface area contributed by atoms with Crippen molar-refractivity contribution in [2.24, 2.45) is 5.92 Å². The van der Waals surface area contributed by atoms with Gasteiger partial charge in [0.1, 0.15) is 0 Å². The number of carbonyl (C=O) groups excluding carboxylic acids is 1. The summed E-state index contributed by atoms with van der Waals surface area (Å²) in [5.41, 5.74) is -0.423. The van der Waals surface area contributed by atoms with E-state index in [4.69, 9.17) is 5.11 Å². The first-order valence-electron chi connectivity index (χ1n) is 6.36. The smallest absolute Gasteiger partial charge is 0.308 e. The maximum Gasteiger partial charge on any atom is 0.308 e. The average molecular weight is 240 g/mol. The fourth-order valence-corrected chi connectivity index (χ4v) is 2.89. The van der Waals surface area contributed by atoms with E-state index in [1.807, 2.05) is 6.92 Å². The second-order valence-electron chi connectivity index (χ2n) is 5.04. The van der Waals surface area contributed by atoms with Gasteiger partial charge >= 0.3 is 5.97 Å². The van der Waals surface area contributed by atoms with Crippen molar-refractivity contribution in [3.63, 3.8) is 0 Å². The van der Waals surface area contributed by atoms with Gasteiger partial charge in [-0.2, -0.15) is 0 Å². The van der Waals surface area contributed by atoms with Crippen LogP contribution in [-0.4, -0.2) is 47.1 Å². The molecule has 2 fully saturated rings. The molecular formula is C12H20N2O3. The van der Waals surface area contributed by atoms with Crippen molar-refractivity contribution in [2.75, 3.05) is 19.6 Å². The van der Waals surface area contributed by atoms with Crippen LogP contribution < -0.4 is 5.32 Å². The van der Waals surface area contributed by atoms with Crippen molar-refractivity contribution in [1.82, 2.24) is 10.2 Å². The van der Waals surface area contributed by atoms with Crippen LogP contribution in [0.3, 0.4) is 0 Å². The molecule has 0 aromatic carbocycles. The van der Waals surface area contributed by atoms with Gasteiger partial charge in [-0.1, -0.05) is 6.92 Å². The molecule has 0 bridgehead atoms. The quantitative estimate of drug-likeness (QED) is 0.751. The third kappa shape index (κ3) is 2.16. The van der Waals surface area contributed by atoms with Crippen molar-refractivity contribution in [3.8, 4) is 0 Å². The summed E-state index contributed by atoms with van der Waals surface area (Å²) in [5.74, 6) is -1.07. The number of carbonyl (C=O) groups is 2. The summed E-state index contributed by atoms with van der Waals surface area (Å²) in [4.78, 5) is 25.0. The van der Waals surface area contributed by atoms with Gasteiger partial charge in [-0.15, -0.1) is 0 Å². The van der Waals surface area contributed by atoms with E-state index in [-0.39, 0.29) is 11.8 Å². The van der Waals surface area contributed by atoms with E-state index >= 15 is 0 Å². The Bertz CT molecular complexity index is 324. The maximum absolute atomic E-state index is 12.4. The molecule has 2 heterocycles. The first-order chi connectivity index (χ1) is 8.09. The van der Waals surface area contributed by atoms with E-state index in [2.05, 4.69) is 5.32 Å². The lowest BCUT2D eigenvalue weighted by atomic mass is 9.92. The van der Waals surface area contributed by atoms with Gasteiger partial charge in [0.15, 0.2) is 0 Å². The number of rotatable bonds is 3. The van der Waals surface area contributed by atoms with Gasteiger partial charge in [-0.25, -0.2) is 0 Å². The molecule has 0 aromatic rings. The van der Waals surface area contributed by atoms with Crippen LogP contribution in [-0.2, 0) is 9.59 Å². The molecule has 2 atom stereocenters. The summed E-state index contributed by atoms with van der Waals surface area (Å²) in [6.07, 6.45) is 3.26. The van der Waals surface area contributed by atoms with Gasteiger partial charge < -0.3 is 15.3 Å². The SMILES string of the molecule is CCC1(C(=O)N2CCC(C(=O)O)C2)CCCN1. The molecule has 0 saturated carbocycles. The predicted molar refractivity (Wildman–Crippen MR) is 62.6 cm³/mol. The largest absolute Gasteiger partial charge is 0.481 e. The average Bonchev–Trinajstić information content (AvgIpc) is 2.98. The Kier molecular flexibility index (Phi) is 3.38. The van der Waals surface area contributed by atoms with Crippen LogP contribution in [0.4, 0.5) is 0 Å². The van der Waals surface area contributed by atoms with E-state index in [9.17, 15) is 9.59 Å². The maximum atomic E-state index is 12.4. The van der Waals surface area contributed by atoms with Crippen LogP contribution in [0.15, 0.2) is 0 Å². The minimum atomic E-state index is -0.787. The minimum absolute atomic E-state index is 0.0984. The molecule has 5 heteroatoms. The number of carboxylic acid groups (broad SMARTS) is 1.